The van der Waals surface area contributed by atoms with E-state index in [4.69, 9.17) is 4.42 Å². The highest BCUT2D eigenvalue weighted by Gasteiger charge is 2.24. The second-order valence-electron chi connectivity index (χ2n) is 9.41. The SMILES string of the molecule is CCCCN(CC(=O)N(Cc1ccc(F)cc1)Cc1coc2ccccc2c1=O)C(=O)c1ccc(C)cc1. The lowest BCUT2D eigenvalue weighted by Crippen LogP contribution is -2.43. The van der Waals surface area contributed by atoms with Crippen molar-refractivity contribution in [3.63, 3.8) is 0 Å². The fourth-order valence-electron chi connectivity index (χ4n) is 4.22. The second-order valence-corrected chi connectivity index (χ2v) is 9.41. The van der Waals surface area contributed by atoms with Crippen molar-refractivity contribution in [2.24, 2.45) is 0 Å². The molecule has 0 saturated heterocycles. The molecule has 0 radical (unpaired) electrons. The molecule has 2 amide bonds. The summed E-state index contributed by atoms with van der Waals surface area (Å²) in [6.45, 7) is 4.39. The maximum Gasteiger partial charge on any atom is 0.254 e. The van der Waals surface area contributed by atoms with Gasteiger partial charge in [-0.15, -0.1) is 0 Å². The zero-order valence-corrected chi connectivity index (χ0v) is 21.7. The molecule has 4 aromatic rings. The van der Waals surface area contributed by atoms with Gasteiger partial charge in [0.15, 0.2) is 5.43 Å². The molecule has 7 heteroatoms. The predicted molar refractivity (Wildman–Crippen MR) is 145 cm³/mol. The van der Waals surface area contributed by atoms with Crippen molar-refractivity contribution in [2.75, 3.05) is 13.1 Å². The van der Waals surface area contributed by atoms with Gasteiger partial charge >= 0.3 is 0 Å². The predicted octanol–water partition coefficient (Wildman–Crippen LogP) is 5.71. The van der Waals surface area contributed by atoms with Crippen LogP contribution in [0.4, 0.5) is 4.39 Å². The van der Waals surface area contributed by atoms with Crippen LogP contribution in [0.2, 0.25) is 0 Å². The van der Waals surface area contributed by atoms with Crippen LogP contribution in [0, 0.1) is 12.7 Å². The zero-order chi connectivity index (χ0) is 27.1. The van der Waals surface area contributed by atoms with E-state index in [1.165, 1.54) is 23.3 Å². The summed E-state index contributed by atoms with van der Waals surface area (Å²) in [7, 11) is 0. The molecule has 0 N–H and O–H groups in total. The van der Waals surface area contributed by atoms with Crippen LogP contribution in [0.25, 0.3) is 11.0 Å². The molecule has 0 saturated carbocycles. The molecule has 1 heterocycles. The number of halogens is 1. The topological polar surface area (TPSA) is 70.8 Å². The van der Waals surface area contributed by atoms with Crippen molar-refractivity contribution in [1.82, 2.24) is 9.80 Å². The fraction of sp³-hybridized carbons (Fsp3) is 0.258. The van der Waals surface area contributed by atoms with Crippen LogP contribution in [0.1, 0.15) is 46.8 Å². The number of benzene rings is 3. The number of hydrogen-bond donors (Lipinski definition) is 0. The molecular formula is C31H31FN2O4. The van der Waals surface area contributed by atoms with Crippen LogP contribution in [-0.2, 0) is 17.9 Å². The average Bonchev–Trinajstić information content (AvgIpc) is 2.93. The van der Waals surface area contributed by atoms with Gasteiger partial charge in [0, 0.05) is 18.7 Å². The summed E-state index contributed by atoms with van der Waals surface area (Å²) in [5, 5.41) is 0.429. The lowest BCUT2D eigenvalue weighted by molar-refractivity contribution is -0.133. The molecule has 6 nitrogen and oxygen atoms in total. The molecule has 0 aliphatic heterocycles. The molecule has 1 aromatic heterocycles. The smallest absolute Gasteiger partial charge is 0.254 e. The van der Waals surface area contributed by atoms with Crippen LogP contribution in [0.5, 0.6) is 0 Å². The summed E-state index contributed by atoms with van der Waals surface area (Å²) < 4.78 is 19.2. The van der Waals surface area contributed by atoms with E-state index in [1.54, 1.807) is 53.4 Å². The highest BCUT2D eigenvalue weighted by Crippen LogP contribution is 2.16. The van der Waals surface area contributed by atoms with Crippen LogP contribution in [0.15, 0.2) is 88.3 Å². The van der Waals surface area contributed by atoms with Crippen LogP contribution in [0.3, 0.4) is 0 Å². The van der Waals surface area contributed by atoms with Gasteiger partial charge in [-0.05, 0) is 55.3 Å². The van der Waals surface area contributed by atoms with Gasteiger partial charge in [-0.3, -0.25) is 14.4 Å². The quantitative estimate of drug-likeness (QED) is 0.272. The van der Waals surface area contributed by atoms with Crippen molar-refractivity contribution in [3.05, 3.63) is 117 Å². The van der Waals surface area contributed by atoms with Crippen molar-refractivity contribution >= 4 is 22.8 Å². The third-order valence-electron chi connectivity index (χ3n) is 6.45. The molecule has 0 spiro atoms. The summed E-state index contributed by atoms with van der Waals surface area (Å²) >= 11 is 0. The van der Waals surface area contributed by atoms with Crippen molar-refractivity contribution in [1.29, 1.82) is 0 Å². The average molecular weight is 515 g/mol. The minimum atomic E-state index is -0.378. The van der Waals surface area contributed by atoms with E-state index in [2.05, 4.69) is 0 Å². The van der Waals surface area contributed by atoms with Gasteiger partial charge in [0.25, 0.3) is 5.91 Å². The van der Waals surface area contributed by atoms with Gasteiger partial charge in [-0.25, -0.2) is 4.39 Å². The number of hydrogen-bond acceptors (Lipinski definition) is 4. The molecule has 0 bridgehead atoms. The number of para-hydroxylation sites is 1. The van der Waals surface area contributed by atoms with Gasteiger partial charge in [0.05, 0.1) is 23.8 Å². The summed E-state index contributed by atoms with van der Waals surface area (Å²) in [4.78, 5) is 43.2. The first-order chi connectivity index (χ1) is 18.4. The number of nitrogens with zero attached hydrogens (tertiary/aromatic N) is 2. The highest BCUT2D eigenvalue weighted by molar-refractivity contribution is 5.96. The number of carbonyl (C=O) groups excluding carboxylic acids is 2. The Labute approximate surface area is 221 Å². The number of carbonyl (C=O) groups is 2. The first kappa shape index (κ1) is 26.8. The van der Waals surface area contributed by atoms with E-state index >= 15 is 0 Å². The number of unbranched alkanes of at least 4 members (excludes halogenated alkanes) is 1. The number of rotatable bonds is 10. The summed E-state index contributed by atoms with van der Waals surface area (Å²) in [6, 6.07) is 20.1. The lowest BCUT2D eigenvalue weighted by Gasteiger charge is -2.28. The van der Waals surface area contributed by atoms with Crippen LogP contribution < -0.4 is 5.43 Å². The van der Waals surface area contributed by atoms with E-state index in [1.807, 2.05) is 26.0 Å². The normalized spacial score (nSPS) is 10.9. The third-order valence-corrected chi connectivity index (χ3v) is 6.45. The Morgan fingerprint density at radius 1 is 0.895 bits per heavy atom. The Hall–Kier alpha value is -4.26. The van der Waals surface area contributed by atoms with E-state index in [9.17, 15) is 18.8 Å². The summed E-state index contributed by atoms with van der Waals surface area (Å²) in [5.41, 5.74) is 2.82. The summed E-state index contributed by atoms with van der Waals surface area (Å²) in [6.07, 6.45) is 2.99. The van der Waals surface area contributed by atoms with E-state index in [0.717, 1.165) is 18.4 Å². The molecule has 0 unspecified atom stereocenters. The maximum atomic E-state index is 13.7. The van der Waals surface area contributed by atoms with E-state index in [-0.39, 0.29) is 42.7 Å². The third kappa shape index (κ3) is 6.54. The van der Waals surface area contributed by atoms with Crippen molar-refractivity contribution in [3.8, 4) is 0 Å². The van der Waals surface area contributed by atoms with E-state index in [0.29, 0.717) is 34.2 Å². The first-order valence-electron chi connectivity index (χ1n) is 12.7. The number of fused-ring (bicyclic) bond motifs is 1. The number of amides is 2. The van der Waals surface area contributed by atoms with Gasteiger partial charge in [-0.2, -0.15) is 0 Å². The van der Waals surface area contributed by atoms with E-state index < -0.39 is 0 Å². The molecule has 196 valence electrons. The Kier molecular flexibility index (Phi) is 8.69. The number of aryl methyl sites for hydroxylation is 1. The summed E-state index contributed by atoms with van der Waals surface area (Å²) in [5.74, 6) is -0.923. The van der Waals surface area contributed by atoms with Gasteiger partial charge in [0.1, 0.15) is 17.9 Å². The van der Waals surface area contributed by atoms with Gasteiger partial charge < -0.3 is 14.2 Å². The molecule has 0 fully saturated rings. The Balaban J connectivity index is 1.62. The van der Waals surface area contributed by atoms with Crippen molar-refractivity contribution in [2.45, 2.75) is 39.8 Å². The standard InChI is InChI=1S/C31H31FN2O4/c1-3-4-17-33(31(37)24-13-9-22(2)10-14-24)20-29(35)34(18-23-11-15-26(32)16-12-23)19-25-21-38-28-8-6-5-7-27(28)30(25)36/h5-16,21H,3-4,17-20H2,1-2H3. The molecule has 0 aliphatic carbocycles. The van der Waals surface area contributed by atoms with Gasteiger partial charge in [-0.1, -0.05) is 55.3 Å². The highest BCUT2D eigenvalue weighted by atomic mass is 19.1. The minimum absolute atomic E-state index is 0.0102. The minimum Gasteiger partial charge on any atom is -0.464 e. The Morgan fingerprint density at radius 3 is 2.32 bits per heavy atom. The molecule has 0 aliphatic rings. The Bertz CT molecular complexity index is 1460. The molecule has 0 atom stereocenters. The Morgan fingerprint density at radius 2 is 1.61 bits per heavy atom. The second kappa shape index (κ2) is 12.3. The zero-order valence-electron chi connectivity index (χ0n) is 21.7. The fourth-order valence-corrected chi connectivity index (χ4v) is 4.22. The van der Waals surface area contributed by atoms with Gasteiger partial charge in [0.2, 0.25) is 5.91 Å². The van der Waals surface area contributed by atoms with Crippen LogP contribution >= 0.6 is 0 Å². The molecule has 4 rings (SSSR count). The van der Waals surface area contributed by atoms with Crippen LogP contribution in [-0.4, -0.2) is 34.7 Å². The maximum absolute atomic E-state index is 13.7. The first-order valence-corrected chi connectivity index (χ1v) is 12.7. The van der Waals surface area contributed by atoms with Crippen molar-refractivity contribution < 1.29 is 18.4 Å². The molecule has 38 heavy (non-hydrogen) atoms. The molecule has 3 aromatic carbocycles. The molecular weight excluding hydrogens is 483 g/mol. The monoisotopic (exact) mass is 514 g/mol. The lowest BCUT2D eigenvalue weighted by atomic mass is 10.1. The largest absolute Gasteiger partial charge is 0.464 e.